The van der Waals surface area contributed by atoms with Gasteiger partial charge in [0.25, 0.3) is 0 Å². The zero-order valence-corrected chi connectivity index (χ0v) is 17.3. The molecule has 1 aromatic heterocycles. The molecule has 0 saturated heterocycles. The van der Waals surface area contributed by atoms with Crippen molar-refractivity contribution in [3.63, 3.8) is 0 Å². The van der Waals surface area contributed by atoms with E-state index in [1.165, 1.54) is 0 Å². The molecule has 3 aromatic carbocycles. The molecule has 32 heavy (non-hydrogen) atoms. The number of rotatable bonds is 7. The molecule has 2 heterocycles. The lowest BCUT2D eigenvalue weighted by Crippen LogP contribution is -2.12. The molecule has 0 atom stereocenters. The lowest BCUT2D eigenvalue weighted by Gasteiger charge is -2.17. The molecule has 6 heteroatoms. The maximum atomic E-state index is 12.7. The first-order valence-electron chi connectivity index (χ1n) is 10.4. The molecule has 6 nitrogen and oxygen atoms in total. The molecule has 1 aliphatic rings. The number of hydrogen-bond acceptors (Lipinski definition) is 6. The summed E-state index contributed by atoms with van der Waals surface area (Å²) >= 11 is 0. The fourth-order valence-electron chi connectivity index (χ4n) is 3.74. The Labute approximate surface area is 185 Å². The topological polar surface area (TPSA) is 70.8 Å². The second-order valence-electron chi connectivity index (χ2n) is 7.49. The van der Waals surface area contributed by atoms with Crippen LogP contribution < -0.4 is 9.47 Å². The van der Waals surface area contributed by atoms with Gasteiger partial charge in [0.05, 0.1) is 6.42 Å². The van der Waals surface area contributed by atoms with E-state index < -0.39 is 0 Å². The van der Waals surface area contributed by atoms with Crippen molar-refractivity contribution < 1.29 is 23.5 Å². The lowest BCUT2D eigenvalue weighted by atomic mass is 9.89. The highest BCUT2D eigenvalue weighted by Gasteiger charge is 2.20. The molecule has 160 valence electrons. The van der Waals surface area contributed by atoms with Gasteiger partial charge in [-0.1, -0.05) is 65.8 Å². The van der Waals surface area contributed by atoms with Gasteiger partial charge in [0.1, 0.15) is 12.3 Å². The van der Waals surface area contributed by atoms with Crippen LogP contribution in [0, 0.1) is 0 Å². The van der Waals surface area contributed by atoms with Gasteiger partial charge < -0.3 is 18.7 Å². The van der Waals surface area contributed by atoms with E-state index in [9.17, 15) is 4.79 Å². The van der Waals surface area contributed by atoms with Crippen molar-refractivity contribution in [1.29, 1.82) is 0 Å². The van der Waals surface area contributed by atoms with Crippen molar-refractivity contribution >= 4 is 5.97 Å². The Bertz CT molecular complexity index is 1160. The minimum atomic E-state index is -0.296. The van der Waals surface area contributed by atoms with E-state index in [1.807, 2.05) is 78.9 Å². The third kappa shape index (κ3) is 4.34. The second kappa shape index (κ2) is 8.98. The van der Waals surface area contributed by atoms with E-state index in [2.05, 4.69) is 5.16 Å². The lowest BCUT2D eigenvalue weighted by molar-refractivity contribution is -0.145. The van der Waals surface area contributed by atoms with E-state index in [-0.39, 0.29) is 31.7 Å². The molecule has 4 aromatic rings. The summed E-state index contributed by atoms with van der Waals surface area (Å²) in [4.78, 5) is 12.7. The number of aromatic nitrogens is 1. The van der Waals surface area contributed by atoms with Crippen molar-refractivity contribution in [1.82, 2.24) is 5.16 Å². The van der Waals surface area contributed by atoms with E-state index in [0.29, 0.717) is 23.0 Å². The van der Waals surface area contributed by atoms with Gasteiger partial charge in [0, 0.05) is 17.5 Å². The van der Waals surface area contributed by atoms with Crippen molar-refractivity contribution in [3.8, 4) is 22.8 Å². The number of esters is 1. The molecule has 0 saturated carbocycles. The molecule has 0 fully saturated rings. The number of fused-ring (bicyclic) bond motifs is 1. The number of hydrogen-bond donors (Lipinski definition) is 0. The zero-order chi connectivity index (χ0) is 21.8. The van der Waals surface area contributed by atoms with Crippen LogP contribution in [0.25, 0.3) is 11.3 Å². The molecule has 0 amide bonds. The van der Waals surface area contributed by atoms with Crippen LogP contribution in [0.15, 0.2) is 89.5 Å². The van der Waals surface area contributed by atoms with Gasteiger partial charge in [-0.2, -0.15) is 0 Å². The van der Waals surface area contributed by atoms with Crippen LogP contribution >= 0.6 is 0 Å². The Kier molecular flexibility index (Phi) is 5.58. The first-order chi connectivity index (χ1) is 15.8. The Hall–Kier alpha value is -4.06. The van der Waals surface area contributed by atoms with Crippen LogP contribution in [0.4, 0.5) is 0 Å². The van der Waals surface area contributed by atoms with Gasteiger partial charge in [-0.25, -0.2) is 0 Å². The quantitative estimate of drug-likeness (QED) is 0.371. The van der Waals surface area contributed by atoms with Crippen LogP contribution in [-0.2, 0) is 16.1 Å². The summed E-state index contributed by atoms with van der Waals surface area (Å²) in [6.07, 6.45) is 0.237. The standard InChI is InChI=1S/C26H21NO5/c28-26(15-22(18-7-3-1-4-8-18)19-9-5-2-6-10-19)29-16-21-14-24(32-27-21)20-11-12-23-25(13-20)31-17-30-23/h1-14,22H,15-17H2. The molecule has 0 bridgehead atoms. The Morgan fingerprint density at radius 3 is 2.28 bits per heavy atom. The average molecular weight is 427 g/mol. The first kappa shape index (κ1) is 19.9. The first-order valence-corrected chi connectivity index (χ1v) is 10.4. The predicted octanol–water partition coefficient (Wildman–Crippen LogP) is 5.34. The predicted molar refractivity (Wildman–Crippen MR) is 117 cm³/mol. The minimum absolute atomic E-state index is 0.0448. The molecular formula is C26H21NO5. The summed E-state index contributed by atoms with van der Waals surface area (Å²) in [5, 5.41) is 4.03. The summed E-state index contributed by atoms with van der Waals surface area (Å²) in [5.74, 6) is 1.57. The molecule has 5 rings (SSSR count). The molecule has 0 aliphatic carbocycles. The molecule has 0 spiro atoms. The van der Waals surface area contributed by atoms with Crippen LogP contribution in [0.1, 0.15) is 29.2 Å². The van der Waals surface area contributed by atoms with Gasteiger partial charge in [-0.15, -0.1) is 0 Å². The van der Waals surface area contributed by atoms with E-state index in [0.717, 1.165) is 16.7 Å². The number of nitrogens with zero attached hydrogens (tertiary/aromatic N) is 1. The maximum Gasteiger partial charge on any atom is 0.307 e. The summed E-state index contributed by atoms with van der Waals surface area (Å²) < 4.78 is 21.7. The van der Waals surface area contributed by atoms with Crippen LogP contribution in [0.5, 0.6) is 11.5 Å². The fourth-order valence-corrected chi connectivity index (χ4v) is 3.74. The number of ether oxygens (including phenoxy) is 3. The van der Waals surface area contributed by atoms with Crippen molar-refractivity contribution in [2.24, 2.45) is 0 Å². The summed E-state index contributed by atoms with van der Waals surface area (Å²) in [6.45, 7) is 0.256. The maximum absolute atomic E-state index is 12.7. The Balaban J connectivity index is 1.24. The summed E-state index contributed by atoms with van der Waals surface area (Å²) in [7, 11) is 0. The molecule has 1 aliphatic heterocycles. The smallest absolute Gasteiger partial charge is 0.307 e. The van der Waals surface area contributed by atoms with Gasteiger partial charge in [-0.3, -0.25) is 4.79 Å². The van der Waals surface area contributed by atoms with E-state index in [4.69, 9.17) is 18.7 Å². The average Bonchev–Trinajstić information content (AvgIpc) is 3.51. The van der Waals surface area contributed by atoms with Gasteiger partial charge in [-0.05, 0) is 29.3 Å². The number of carbonyl (C=O) groups is 1. The highest BCUT2D eigenvalue weighted by atomic mass is 16.7. The minimum Gasteiger partial charge on any atom is -0.459 e. The van der Waals surface area contributed by atoms with Crippen LogP contribution in [-0.4, -0.2) is 17.9 Å². The van der Waals surface area contributed by atoms with Gasteiger partial charge >= 0.3 is 5.97 Å². The number of benzene rings is 3. The normalized spacial score (nSPS) is 12.2. The highest BCUT2D eigenvalue weighted by molar-refractivity contribution is 5.71. The SMILES string of the molecule is O=C(CC(c1ccccc1)c1ccccc1)OCc1cc(-c2ccc3c(c2)OCO3)on1. The fraction of sp³-hybridized carbons (Fsp3) is 0.154. The summed E-state index contributed by atoms with van der Waals surface area (Å²) in [6, 6.07) is 27.2. The third-order valence-electron chi connectivity index (χ3n) is 5.37. The second-order valence-corrected chi connectivity index (χ2v) is 7.49. The largest absolute Gasteiger partial charge is 0.459 e. The Morgan fingerprint density at radius 1 is 0.875 bits per heavy atom. The Morgan fingerprint density at radius 2 is 1.56 bits per heavy atom. The monoisotopic (exact) mass is 427 g/mol. The molecule has 0 radical (unpaired) electrons. The van der Waals surface area contributed by atoms with Crippen LogP contribution in [0.2, 0.25) is 0 Å². The molecule has 0 N–H and O–H groups in total. The molecular weight excluding hydrogens is 406 g/mol. The van der Waals surface area contributed by atoms with Crippen molar-refractivity contribution in [2.45, 2.75) is 18.9 Å². The summed E-state index contributed by atoms with van der Waals surface area (Å²) in [5.41, 5.74) is 3.50. The van der Waals surface area contributed by atoms with Gasteiger partial charge in [0.15, 0.2) is 17.3 Å². The van der Waals surface area contributed by atoms with Gasteiger partial charge in [0.2, 0.25) is 6.79 Å². The number of carbonyl (C=O) groups excluding carboxylic acids is 1. The van der Waals surface area contributed by atoms with Crippen LogP contribution in [0.3, 0.4) is 0 Å². The highest BCUT2D eigenvalue weighted by Crippen LogP contribution is 2.36. The van der Waals surface area contributed by atoms with Crippen molar-refractivity contribution in [2.75, 3.05) is 6.79 Å². The molecule has 0 unspecified atom stereocenters. The zero-order valence-electron chi connectivity index (χ0n) is 17.3. The van der Waals surface area contributed by atoms with E-state index >= 15 is 0 Å². The van der Waals surface area contributed by atoms with E-state index in [1.54, 1.807) is 6.07 Å². The van der Waals surface area contributed by atoms with Crippen molar-refractivity contribution in [3.05, 3.63) is 102 Å². The third-order valence-corrected chi connectivity index (χ3v) is 5.37.